The van der Waals surface area contributed by atoms with Gasteiger partial charge in [0, 0.05) is 29.2 Å². The van der Waals surface area contributed by atoms with Crippen LogP contribution in [0.25, 0.3) is 0 Å². The number of pyridine rings is 1. The molecule has 0 unspecified atom stereocenters. The van der Waals surface area contributed by atoms with Crippen molar-refractivity contribution in [2.24, 2.45) is 4.99 Å². The molecule has 0 fully saturated rings. The number of nitrogens with zero attached hydrogens (tertiary/aromatic N) is 2. The molecule has 0 amide bonds. The Kier molecular flexibility index (Phi) is 1.66. The lowest BCUT2D eigenvalue weighted by Gasteiger charge is -2.05. The number of aliphatic hydroxyl groups is 1. The van der Waals surface area contributed by atoms with E-state index in [-0.39, 0.29) is 6.61 Å². The summed E-state index contributed by atoms with van der Waals surface area (Å²) in [5.41, 5.74) is 4.10. The van der Waals surface area contributed by atoms with Crippen molar-refractivity contribution >= 4 is 6.21 Å². The zero-order valence-electron chi connectivity index (χ0n) is 6.91. The number of fused-ring (bicyclic) bond motifs is 1. The maximum absolute atomic E-state index is 9.00. The van der Waals surface area contributed by atoms with Crippen molar-refractivity contribution in [3.8, 4) is 0 Å². The molecule has 0 bridgehead atoms. The van der Waals surface area contributed by atoms with Crippen molar-refractivity contribution < 1.29 is 5.11 Å². The first kappa shape index (κ1) is 7.43. The van der Waals surface area contributed by atoms with Gasteiger partial charge in [-0.05, 0) is 12.5 Å². The molecule has 0 saturated carbocycles. The van der Waals surface area contributed by atoms with E-state index in [2.05, 4.69) is 9.98 Å². The summed E-state index contributed by atoms with van der Waals surface area (Å²) in [5, 5.41) is 9.00. The molecular formula is C9H10N2O. The highest BCUT2D eigenvalue weighted by Crippen LogP contribution is 2.20. The predicted molar refractivity (Wildman–Crippen MR) is 46.2 cm³/mol. The average Bonchev–Trinajstić information content (AvgIpc) is 2.54. The number of aromatic nitrogens is 1. The monoisotopic (exact) mass is 162 g/mol. The third kappa shape index (κ3) is 0.940. The highest BCUT2D eigenvalue weighted by atomic mass is 16.3. The van der Waals surface area contributed by atoms with Crippen LogP contribution in [0, 0.1) is 6.92 Å². The lowest BCUT2D eigenvalue weighted by molar-refractivity contribution is 0.280. The number of hydrogen-bond acceptors (Lipinski definition) is 3. The van der Waals surface area contributed by atoms with Crippen molar-refractivity contribution in [1.29, 1.82) is 0 Å². The molecule has 3 heteroatoms. The van der Waals surface area contributed by atoms with Gasteiger partial charge in [0.1, 0.15) is 0 Å². The van der Waals surface area contributed by atoms with Crippen molar-refractivity contribution in [3.05, 3.63) is 28.6 Å². The van der Waals surface area contributed by atoms with E-state index < -0.39 is 0 Å². The molecule has 2 rings (SSSR count). The van der Waals surface area contributed by atoms with Crippen molar-refractivity contribution in [2.75, 3.05) is 0 Å². The zero-order chi connectivity index (χ0) is 8.55. The Hall–Kier alpha value is -1.22. The van der Waals surface area contributed by atoms with Gasteiger partial charge >= 0.3 is 0 Å². The standard InChI is InChI=1S/C9H10N2O/c1-6-8-3-10-4-9(8)7(5-12)2-11-6/h2-3,12H,4-5H2,1H3. The number of aliphatic imine (C=N–C) groups is 1. The van der Waals surface area contributed by atoms with Crippen LogP contribution in [-0.4, -0.2) is 16.3 Å². The fraction of sp³-hybridized carbons (Fsp3) is 0.333. The Morgan fingerprint density at radius 2 is 2.42 bits per heavy atom. The van der Waals surface area contributed by atoms with E-state index in [4.69, 9.17) is 5.11 Å². The fourth-order valence-corrected chi connectivity index (χ4v) is 1.44. The van der Waals surface area contributed by atoms with Gasteiger partial charge in [0.15, 0.2) is 0 Å². The van der Waals surface area contributed by atoms with Gasteiger partial charge in [-0.1, -0.05) is 0 Å². The quantitative estimate of drug-likeness (QED) is 0.664. The normalized spacial score (nSPS) is 13.5. The first-order valence-electron chi connectivity index (χ1n) is 3.91. The highest BCUT2D eigenvalue weighted by Gasteiger charge is 2.13. The van der Waals surface area contributed by atoms with E-state index in [9.17, 15) is 0 Å². The topological polar surface area (TPSA) is 45.5 Å². The molecule has 1 N–H and O–H groups in total. The average molecular weight is 162 g/mol. The Labute approximate surface area is 70.8 Å². The molecule has 1 aromatic heterocycles. The minimum atomic E-state index is 0.0545. The lowest BCUT2D eigenvalue weighted by atomic mass is 10.1. The van der Waals surface area contributed by atoms with Crippen LogP contribution >= 0.6 is 0 Å². The van der Waals surface area contributed by atoms with Crippen LogP contribution in [0.5, 0.6) is 0 Å². The summed E-state index contributed by atoms with van der Waals surface area (Å²) in [6, 6.07) is 0. The van der Waals surface area contributed by atoms with E-state index in [1.165, 1.54) is 0 Å². The summed E-state index contributed by atoms with van der Waals surface area (Å²) in [5.74, 6) is 0. The summed E-state index contributed by atoms with van der Waals surface area (Å²) in [7, 11) is 0. The van der Waals surface area contributed by atoms with Gasteiger partial charge in [-0.2, -0.15) is 0 Å². The number of hydrogen-bond donors (Lipinski definition) is 1. The number of aliphatic hydroxyl groups excluding tert-OH is 1. The van der Waals surface area contributed by atoms with E-state index in [1.54, 1.807) is 6.20 Å². The maximum atomic E-state index is 9.00. The minimum Gasteiger partial charge on any atom is -0.392 e. The molecule has 2 heterocycles. The lowest BCUT2D eigenvalue weighted by Crippen LogP contribution is -1.99. The van der Waals surface area contributed by atoms with Crippen LogP contribution in [-0.2, 0) is 13.2 Å². The molecule has 1 aliphatic heterocycles. The van der Waals surface area contributed by atoms with Gasteiger partial charge in [-0.15, -0.1) is 0 Å². The SMILES string of the molecule is Cc1ncc(CO)c2c1C=NC2. The number of aryl methyl sites for hydroxylation is 1. The van der Waals surface area contributed by atoms with Crippen molar-refractivity contribution in [2.45, 2.75) is 20.1 Å². The predicted octanol–water partition coefficient (Wildman–Crippen LogP) is 0.815. The maximum Gasteiger partial charge on any atom is 0.0700 e. The van der Waals surface area contributed by atoms with Gasteiger partial charge in [-0.25, -0.2) is 0 Å². The molecule has 0 aromatic carbocycles. The van der Waals surface area contributed by atoms with Crippen LogP contribution < -0.4 is 0 Å². The van der Waals surface area contributed by atoms with Crippen molar-refractivity contribution in [1.82, 2.24) is 4.98 Å². The first-order chi connectivity index (χ1) is 5.83. The van der Waals surface area contributed by atoms with E-state index in [1.807, 2.05) is 13.1 Å². The Bertz CT molecular complexity index is 345. The second kappa shape index (κ2) is 2.68. The fourth-order valence-electron chi connectivity index (χ4n) is 1.44. The molecule has 0 saturated heterocycles. The largest absolute Gasteiger partial charge is 0.392 e. The van der Waals surface area contributed by atoms with Gasteiger partial charge in [0.25, 0.3) is 0 Å². The summed E-state index contributed by atoms with van der Waals surface area (Å²) >= 11 is 0. The third-order valence-corrected chi connectivity index (χ3v) is 2.16. The van der Waals surface area contributed by atoms with Gasteiger partial charge in [0.2, 0.25) is 0 Å². The Balaban J connectivity index is 2.61. The van der Waals surface area contributed by atoms with Gasteiger partial charge < -0.3 is 5.11 Å². The van der Waals surface area contributed by atoms with Crippen LogP contribution in [0.2, 0.25) is 0 Å². The molecule has 0 spiro atoms. The summed E-state index contributed by atoms with van der Waals surface area (Å²) < 4.78 is 0. The van der Waals surface area contributed by atoms with Crippen LogP contribution in [0.15, 0.2) is 11.2 Å². The molecule has 12 heavy (non-hydrogen) atoms. The highest BCUT2D eigenvalue weighted by molar-refractivity contribution is 5.86. The summed E-state index contributed by atoms with van der Waals surface area (Å²) in [6.45, 7) is 2.70. The summed E-state index contributed by atoms with van der Waals surface area (Å²) in [4.78, 5) is 8.31. The molecule has 62 valence electrons. The zero-order valence-corrected chi connectivity index (χ0v) is 6.91. The van der Waals surface area contributed by atoms with Crippen LogP contribution in [0.4, 0.5) is 0 Å². The number of rotatable bonds is 1. The van der Waals surface area contributed by atoms with E-state index in [0.29, 0.717) is 6.54 Å². The second-order valence-electron chi connectivity index (χ2n) is 2.89. The van der Waals surface area contributed by atoms with Crippen LogP contribution in [0.3, 0.4) is 0 Å². The molecule has 3 nitrogen and oxygen atoms in total. The van der Waals surface area contributed by atoms with Gasteiger partial charge in [0.05, 0.1) is 13.2 Å². The molecule has 0 aliphatic carbocycles. The van der Waals surface area contributed by atoms with Gasteiger partial charge in [-0.3, -0.25) is 9.98 Å². The first-order valence-corrected chi connectivity index (χ1v) is 3.91. The van der Waals surface area contributed by atoms with E-state index in [0.717, 1.165) is 22.4 Å². The molecule has 1 aromatic rings. The molecule has 1 aliphatic rings. The van der Waals surface area contributed by atoms with Crippen molar-refractivity contribution in [3.63, 3.8) is 0 Å². The molecule has 0 radical (unpaired) electrons. The smallest absolute Gasteiger partial charge is 0.0700 e. The minimum absolute atomic E-state index is 0.0545. The molecular weight excluding hydrogens is 152 g/mol. The second-order valence-corrected chi connectivity index (χ2v) is 2.89. The van der Waals surface area contributed by atoms with E-state index >= 15 is 0 Å². The van der Waals surface area contributed by atoms with Crippen LogP contribution in [0.1, 0.15) is 22.4 Å². The molecule has 0 atom stereocenters. The Morgan fingerprint density at radius 1 is 1.58 bits per heavy atom. The third-order valence-electron chi connectivity index (χ3n) is 2.16. The Morgan fingerprint density at radius 3 is 3.17 bits per heavy atom. The summed E-state index contributed by atoms with van der Waals surface area (Å²) in [6.07, 6.45) is 3.56.